The van der Waals surface area contributed by atoms with Crippen molar-refractivity contribution in [2.45, 2.75) is 58.1 Å². The SMILES string of the molecule is CCC(CCC(C)C(=O)Nc1ccccc1O)SCCCCN(C)C(=O)c1cc(C)ccc1-c1ncccn1. The molecule has 0 fully saturated rings. The molecule has 3 rings (SSSR count). The molecule has 39 heavy (non-hydrogen) atoms. The van der Waals surface area contributed by atoms with Crippen molar-refractivity contribution in [1.82, 2.24) is 14.9 Å². The molecule has 208 valence electrons. The summed E-state index contributed by atoms with van der Waals surface area (Å²) in [6.45, 7) is 6.79. The number of unbranched alkanes of at least 4 members (excludes halogenated alkanes) is 1. The molecule has 8 heteroatoms. The molecule has 1 aromatic heterocycles. The number of hydrogen-bond acceptors (Lipinski definition) is 6. The van der Waals surface area contributed by atoms with E-state index in [4.69, 9.17) is 0 Å². The van der Waals surface area contributed by atoms with Crippen molar-refractivity contribution >= 4 is 29.3 Å². The van der Waals surface area contributed by atoms with Crippen molar-refractivity contribution in [3.8, 4) is 17.1 Å². The van der Waals surface area contributed by atoms with Gasteiger partial charge >= 0.3 is 0 Å². The second kappa shape index (κ2) is 15.3. The molecule has 2 aromatic carbocycles. The van der Waals surface area contributed by atoms with E-state index in [1.165, 1.54) is 0 Å². The van der Waals surface area contributed by atoms with Gasteiger partial charge in [-0.05, 0) is 69.0 Å². The van der Waals surface area contributed by atoms with Crippen LogP contribution in [0.3, 0.4) is 0 Å². The van der Waals surface area contributed by atoms with Gasteiger partial charge in [0.2, 0.25) is 5.91 Å². The predicted molar refractivity (Wildman–Crippen MR) is 160 cm³/mol. The van der Waals surface area contributed by atoms with E-state index in [-0.39, 0.29) is 23.5 Å². The summed E-state index contributed by atoms with van der Waals surface area (Å²) < 4.78 is 0. The molecular formula is C31H40N4O3S. The quantitative estimate of drug-likeness (QED) is 0.175. The minimum atomic E-state index is -0.133. The number of benzene rings is 2. The van der Waals surface area contributed by atoms with E-state index in [0.717, 1.165) is 49.0 Å². The first-order valence-electron chi connectivity index (χ1n) is 13.6. The molecular weight excluding hydrogens is 508 g/mol. The Bertz CT molecular complexity index is 1220. The zero-order valence-corrected chi connectivity index (χ0v) is 24.2. The molecule has 0 aliphatic heterocycles. The van der Waals surface area contributed by atoms with Gasteiger partial charge in [-0.25, -0.2) is 9.97 Å². The average Bonchev–Trinajstić information content (AvgIpc) is 2.95. The van der Waals surface area contributed by atoms with Crippen LogP contribution >= 0.6 is 11.8 Å². The molecule has 0 aliphatic carbocycles. The van der Waals surface area contributed by atoms with Crippen LogP contribution in [0.1, 0.15) is 61.9 Å². The summed E-state index contributed by atoms with van der Waals surface area (Å²) in [5.74, 6) is 1.44. The van der Waals surface area contributed by atoms with Gasteiger partial charge in [0.15, 0.2) is 5.82 Å². The van der Waals surface area contributed by atoms with E-state index in [1.54, 1.807) is 47.6 Å². The topological polar surface area (TPSA) is 95.4 Å². The van der Waals surface area contributed by atoms with E-state index in [0.29, 0.717) is 28.9 Å². The van der Waals surface area contributed by atoms with Crippen molar-refractivity contribution in [2.75, 3.05) is 24.7 Å². The summed E-state index contributed by atoms with van der Waals surface area (Å²) in [6.07, 6.45) is 8.13. The van der Waals surface area contributed by atoms with E-state index in [1.807, 2.05) is 50.9 Å². The van der Waals surface area contributed by atoms with Crippen molar-refractivity contribution in [3.63, 3.8) is 0 Å². The van der Waals surface area contributed by atoms with Gasteiger partial charge in [0.05, 0.1) is 11.3 Å². The lowest BCUT2D eigenvalue weighted by Crippen LogP contribution is -2.28. The third-order valence-corrected chi connectivity index (χ3v) is 8.35. The molecule has 2 unspecified atom stereocenters. The van der Waals surface area contributed by atoms with Gasteiger partial charge < -0.3 is 15.3 Å². The number of phenols is 1. The van der Waals surface area contributed by atoms with Gasteiger partial charge in [0.25, 0.3) is 5.91 Å². The Hall–Kier alpha value is -3.39. The fourth-order valence-electron chi connectivity index (χ4n) is 4.28. The Balaban J connectivity index is 1.40. The van der Waals surface area contributed by atoms with E-state index < -0.39 is 0 Å². The largest absolute Gasteiger partial charge is 0.506 e. The molecule has 2 N–H and O–H groups in total. The van der Waals surface area contributed by atoms with Crippen LogP contribution in [0.25, 0.3) is 11.4 Å². The standard InChI is InChI=1S/C31H40N4O3S/c1-5-24(15-14-23(3)30(37)34-27-11-6-7-12-28(27)36)39-20-9-8-19-35(4)31(38)26-21-22(2)13-16-25(26)29-32-17-10-18-33-29/h6-7,10-13,16-18,21,23-24,36H,5,8-9,14-15,19-20H2,1-4H3,(H,34,37). The smallest absolute Gasteiger partial charge is 0.254 e. The highest BCUT2D eigenvalue weighted by Crippen LogP contribution is 2.26. The van der Waals surface area contributed by atoms with Crippen LogP contribution in [0.5, 0.6) is 5.75 Å². The number of nitrogens with one attached hydrogen (secondary N) is 1. The second-order valence-electron chi connectivity index (χ2n) is 9.94. The molecule has 0 saturated carbocycles. The van der Waals surface area contributed by atoms with Crippen LogP contribution in [-0.2, 0) is 4.79 Å². The highest BCUT2D eigenvalue weighted by molar-refractivity contribution is 7.99. The maximum atomic E-state index is 13.3. The lowest BCUT2D eigenvalue weighted by molar-refractivity contribution is -0.119. The number of amides is 2. The molecule has 0 spiro atoms. The Morgan fingerprint density at radius 3 is 2.51 bits per heavy atom. The first-order chi connectivity index (χ1) is 18.8. The van der Waals surface area contributed by atoms with Gasteiger partial charge in [-0.15, -0.1) is 0 Å². The van der Waals surface area contributed by atoms with Crippen molar-refractivity contribution in [1.29, 1.82) is 0 Å². The second-order valence-corrected chi connectivity index (χ2v) is 11.3. The molecule has 3 aromatic rings. The van der Waals surface area contributed by atoms with E-state index >= 15 is 0 Å². The molecule has 2 amide bonds. The zero-order valence-electron chi connectivity index (χ0n) is 23.4. The molecule has 0 aliphatic rings. The fourth-order valence-corrected chi connectivity index (χ4v) is 5.53. The summed E-state index contributed by atoms with van der Waals surface area (Å²) in [4.78, 5) is 36.3. The Morgan fingerprint density at radius 2 is 1.79 bits per heavy atom. The number of rotatable bonds is 14. The molecule has 0 saturated heterocycles. The van der Waals surface area contributed by atoms with Crippen LogP contribution in [-0.4, -0.2) is 56.4 Å². The lowest BCUT2D eigenvalue weighted by Gasteiger charge is -2.20. The number of anilines is 1. The number of carbonyl (C=O) groups excluding carboxylic acids is 2. The number of aryl methyl sites for hydroxylation is 1. The first kappa shape index (κ1) is 30.2. The number of thioether (sulfide) groups is 1. The van der Waals surface area contributed by atoms with Gasteiger partial charge in [-0.3, -0.25) is 9.59 Å². The molecule has 7 nitrogen and oxygen atoms in total. The molecule has 2 atom stereocenters. The lowest BCUT2D eigenvalue weighted by atomic mass is 10.0. The van der Waals surface area contributed by atoms with E-state index in [9.17, 15) is 14.7 Å². The molecule has 1 heterocycles. The number of aromatic hydroxyl groups is 1. The highest BCUT2D eigenvalue weighted by atomic mass is 32.2. The number of hydrogen-bond donors (Lipinski definition) is 2. The Labute approximate surface area is 236 Å². The Kier molecular flexibility index (Phi) is 11.8. The third kappa shape index (κ3) is 9.10. The van der Waals surface area contributed by atoms with Crippen molar-refractivity contribution in [3.05, 3.63) is 72.1 Å². The van der Waals surface area contributed by atoms with Crippen LogP contribution in [0.2, 0.25) is 0 Å². The maximum Gasteiger partial charge on any atom is 0.254 e. The minimum absolute atomic E-state index is 0.0173. The van der Waals surface area contributed by atoms with Crippen LogP contribution in [0.15, 0.2) is 60.9 Å². The zero-order chi connectivity index (χ0) is 28.2. The number of phenolic OH excluding ortho intramolecular Hbond substituents is 1. The maximum absolute atomic E-state index is 13.3. The van der Waals surface area contributed by atoms with Gasteiger partial charge in [0, 0.05) is 42.7 Å². The highest BCUT2D eigenvalue weighted by Gasteiger charge is 2.19. The van der Waals surface area contributed by atoms with Gasteiger partial charge in [-0.2, -0.15) is 11.8 Å². The first-order valence-corrected chi connectivity index (χ1v) is 14.7. The number of carbonyl (C=O) groups is 2. The summed E-state index contributed by atoms with van der Waals surface area (Å²) in [5.41, 5.74) is 2.86. The third-order valence-electron chi connectivity index (χ3n) is 6.79. The number of nitrogens with zero attached hydrogens (tertiary/aromatic N) is 3. The summed E-state index contributed by atoms with van der Waals surface area (Å²) >= 11 is 1.95. The summed E-state index contributed by atoms with van der Waals surface area (Å²) in [7, 11) is 1.85. The summed E-state index contributed by atoms with van der Waals surface area (Å²) in [5, 5.41) is 13.2. The minimum Gasteiger partial charge on any atom is -0.506 e. The van der Waals surface area contributed by atoms with Crippen molar-refractivity contribution < 1.29 is 14.7 Å². The van der Waals surface area contributed by atoms with Gasteiger partial charge in [0.1, 0.15) is 5.75 Å². The number of aromatic nitrogens is 2. The predicted octanol–water partition coefficient (Wildman–Crippen LogP) is 6.58. The average molecular weight is 549 g/mol. The molecule has 0 bridgehead atoms. The normalized spacial score (nSPS) is 12.5. The van der Waals surface area contributed by atoms with Crippen LogP contribution in [0.4, 0.5) is 5.69 Å². The van der Waals surface area contributed by atoms with Gasteiger partial charge in [-0.1, -0.05) is 43.7 Å². The summed E-state index contributed by atoms with van der Waals surface area (Å²) in [6, 6.07) is 14.4. The fraction of sp³-hybridized carbons (Fsp3) is 0.419. The number of para-hydroxylation sites is 2. The monoisotopic (exact) mass is 548 g/mol. The van der Waals surface area contributed by atoms with Crippen LogP contribution < -0.4 is 5.32 Å². The van der Waals surface area contributed by atoms with E-state index in [2.05, 4.69) is 22.2 Å². The van der Waals surface area contributed by atoms with Crippen molar-refractivity contribution in [2.24, 2.45) is 5.92 Å². The Morgan fingerprint density at radius 1 is 1.05 bits per heavy atom. The molecule has 0 radical (unpaired) electrons. The van der Waals surface area contributed by atoms with Crippen LogP contribution in [0, 0.1) is 12.8 Å².